The molecule has 2 aromatic rings. The maximum Gasteiger partial charge on any atom is 0.248 e. The Balaban J connectivity index is 0.00000243. The van der Waals surface area contributed by atoms with E-state index in [1.807, 2.05) is 32.9 Å². The van der Waals surface area contributed by atoms with E-state index in [4.69, 9.17) is 33.2 Å². The monoisotopic (exact) mass is 653 g/mol. The van der Waals surface area contributed by atoms with Gasteiger partial charge in [0, 0.05) is 22.2 Å². The zero-order valence-electron chi connectivity index (χ0n) is 27.3. The smallest absolute Gasteiger partial charge is 0.248 e. The fourth-order valence-corrected chi connectivity index (χ4v) is 4.96. The predicted octanol–water partition coefficient (Wildman–Crippen LogP) is 8.20. The molecule has 3 atom stereocenters. The SMILES string of the molecule is C=C.CC.CC/C(Cl)=C(\C=C(/CCl)C(=O)N[C@@H](CO)Cc1ccc(C#N)cc1)C1CCC=C(CNC(C)c2ccc(C)cc2)O1. The summed E-state index contributed by atoms with van der Waals surface area (Å²) >= 11 is 12.9. The number of aliphatic hydroxyl groups is 1. The number of hydrogen-bond acceptors (Lipinski definition) is 5. The molecule has 244 valence electrons. The van der Waals surface area contributed by atoms with E-state index in [-0.39, 0.29) is 30.5 Å². The normalized spacial score (nSPS) is 16.1. The molecule has 0 aromatic heterocycles. The van der Waals surface area contributed by atoms with E-state index in [2.05, 4.69) is 74.0 Å². The number of aliphatic hydroxyl groups excluding tert-OH is 1. The minimum Gasteiger partial charge on any atom is -0.489 e. The molecule has 0 bridgehead atoms. The van der Waals surface area contributed by atoms with E-state index in [0.717, 1.165) is 29.7 Å². The van der Waals surface area contributed by atoms with Crippen molar-refractivity contribution >= 4 is 29.1 Å². The summed E-state index contributed by atoms with van der Waals surface area (Å²) in [6, 6.07) is 17.3. The summed E-state index contributed by atoms with van der Waals surface area (Å²) in [7, 11) is 0. The van der Waals surface area contributed by atoms with Gasteiger partial charge in [-0.1, -0.05) is 74.3 Å². The second-order valence-corrected chi connectivity index (χ2v) is 11.0. The number of halogens is 2. The average Bonchev–Trinajstić information content (AvgIpc) is 3.09. The second kappa shape index (κ2) is 22.2. The van der Waals surface area contributed by atoms with Crippen molar-refractivity contribution in [1.82, 2.24) is 10.6 Å². The topological polar surface area (TPSA) is 94.4 Å². The molecule has 6 nitrogen and oxygen atoms in total. The third kappa shape index (κ3) is 13.3. The quantitative estimate of drug-likeness (QED) is 0.0877. The van der Waals surface area contributed by atoms with Crippen molar-refractivity contribution in [3.8, 4) is 6.07 Å². The van der Waals surface area contributed by atoms with E-state index in [1.54, 1.807) is 18.2 Å². The van der Waals surface area contributed by atoms with Gasteiger partial charge in [0.2, 0.25) is 5.91 Å². The van der Waals surface area contributed by atoms with Gasteiger partial charge in [-0.05, 0) is 74.9 Å². The van der Waals surface area contributed by atoms with Gasteiger partial charge in [-0.2, -0.15) is 5.26 Å². The van der Waals surface area contributed by atoms with Crippen LogP contribution in [-0.4, -0.2) is 42.2 Å². The van der Waals surface area contributed by atoms with Crippen molar-refractivity contribution in [2.24, 2.45) is 0 Å². The Morgan fingerprint density at radius 3 is 2.38 bits per heavy atom. The molecule has 2 unspecified atom stereocenters. The number of nitrogens with one attached hydrogen (secondary N) is 2. The van der Waals surface area contributed by atoms with Crippen LogP contribution in [0.5, 0.6) is 0 Å². The molecule has 0 saturated carbocycles. The Morgan fingerprint density at radius 2 is 1.82 bits per heavy atom. The maximum atomic E-state index is 13.2. The van der Waals surface area contributed by atoms with Crippen LogP contribution in [0.3, 0.4) is 0 Å². The molecular weight excluding hydrogens is 605 g/mol. The zero-order chi connectivity index (χ0) is 33.8. The van der Waals surface area contributed by atoms with Crippen LogP contribution in [0.1, 0.15) is 75.3 Å². The Morgan fingerprint density at radius 1 is 1.18 bits per heavy atom. The highest BCUT2D eigenvalue weighted by molar-refractivity contribution is 6.30. The van der Waals surface area contributed by atoms with Gasteiger partial charge in [0.25, 0.3) is 0 Å². The van der Waals surface area contributed by atoms with Crippen molar-refractivity contribution in [3.05, 3.63) is 118 Å². The molecule has 0 saturated heterocycles. The summed E-state index contributed by atoms with van der Waals surface area (Å²) in [6.45, 7) is 16.5. The molecule has 0 fully saturated rings. The highest BCUT2D eigenvalue weighted by Gasteiger charge is 2.24. The van der Waals surface area contributed by atoms with Crippen LogP contribution < -0.4 is 10.6 Å². The van der Waals surface area contributed by atoms with Crippen LogP contribution in [0, 0.1) is 18.3 Å². The molecule has 3 rings (SSSR count). The van der Waals surface area contributed by atoms with Gasteiger partial charge in [-0.15, -0.1) is 24.8 Å². The number of carbonyl (C=O) groups excluding carboxylic acids is 1. The number of ether oxygens (including phenoxy) is 1. The highest BCUT2D eigenvalue weighted by atomic mass is 35.5. The molecule has 0 aliphatic carbocycles. The first-order valence-corrected chi connectivity index (χ1v) is 16.4. The van der Waals surface area contributed by atoms with Gasteiger partial charge < -0.3 is 20.5 Å². The van der Waals surface area contributed by atoms with Crippen molar-refractivity contribution < 1.29 is 14.6 Å². The van der Waals surface area contributed by atoms with E-state index < -0.39 is 6.04 Å². The number of nitriles is 1. The average molecular weight is 655 g/mol. The number of rotatable bonds is 13. The molecule has 45 heavy (non-hydrogen) atoms. The number of nitrogens with zero attached hydrogens (tertiary/aromatic N) is 1. The lowest BCUT2D eigenvalue weighted by Gasteiger charge is -2.28. The maximum absolute atomic E-state index is 13.2. The van der Waals surface area contributed by atoms with Gasteiger partial charge in [-0.3, -0.25) is 4.79 Å². The fourth-order valence-electron chi connectivity index (χ4n) is 4.59. The van der Waals surface area contributed by atoms with E-state index in [0.29, 0.717) is 35.6 Å². The summed E-state index contributed by atoms with van der Waals surface area (Å²) < 4.78 is 6.38. The van der Waals surface area contributed by atoms with Gasteiger partial charge in [0.05, 0.1) is 36.7 Å². The molecule has 8 heteroatoms. The molecule has 1 amide bonds. The summed E-state index contributed by atoms with van der Waals surface area (Å²) in [4.78, 5) is 13.2. The van der Waals surface area contributed by atoms with E-state index >= 15 is 0 Å². The summed E-state index contributed by atoms with van der Waals surface area (Å²) in [5.41, 5.74) is 4.97. The van der Waals surface area contributed by atoms with Crippen LogP contribution in [0.4, 0.5) is 0 Å². The molecule has 3 N–H and O–H groups in total. The first-order chi connectivity index (χ1) is 21.8. The van der Waals surface area contributed by atoms with Crippen LogP contribution in [0.25, 0.3) is 0 Å². The Bertz CT molecular complexity index is 1310. The van der Waals surface area contributed by atoms with Crippen LogP contribution in [0.15, 0.2) is 95.8 Å². The molecule has 2 aromatic carbocycles. The predicted molar refractivity (Wildman–Crippen MR) is 188 cm³/mol. The van der Waals surface area contributed by atoms with Crippen molar-refractivity contribution in [2.75, 3.05) is 19.0 Å². The molecule has 1 aliphatic rings. The van der Waals surface area contributed by atoms with Crippen LogP contribution in [-0.2, 0) is 16.0 Å². The van der Waals surface area contributed by atoms with Gasteiger partial charge >= 0.3 is 0 Å². The molecule has 0 radical (unpaired) electrons. The third-order valence-corrected chi connectivity index (χ3v) is 7.88. The lowest BCUT2D eigenvalue weighted by molar-refractivity contribution is -0.118. The Kier molecular flexibility index (Phi) is 19.6. The minimum atomic E-state index is -0.516. The Labute approximate surface area is 280 Å². The molecule has 1 aliphatic heterocycles. The van der Waals surface area contributed by atoms with Crippen molar-refractivity contribution in [1.29, 1.82) is 5.26 Å². The number of aryl methyl sites for hydroxylation is 1. The lowest BCUT2D eigenvalue weighted by atomic mass is 9.98. The van der Waals surface area contributed by atoms with Gasteiger partial charge in [0.15, 0.2) is 0 Å². The standard InChI is InChI=1S/C33H39Cl2N3O3.C2H6.C2H4/c1-4-31(35)30(32-7-5-6-29(41-32)20-37-23(3)26-14-8-22(2)9-15-26)17-27(18-34)33(40)38-28(21-39)16-24-10-12-25(19-36)13-11-24;2*1-2/h6,8-15,17,23,28,32,37,39H,4-5,7,16,18,20-21H2,1-3H3,(H,38,40);1-2H3;1-2H2/b27-17+,31-30-;;/t23?,28-,32?;;/m1../s1. The van der Waals surface area contributed by atoms with E-state index in [1.165, 1.54) is 11.1 Å². The number of amides is 1. The number of carbonyl (C=O) groups is 1. The first-order valence-electron chi connectivity index (χ1n) is 15.5. The lowest BCUT2D eigenvalue weighted by Crippen LogP contribution is -2.40. The van der Waals surface area contributed by atoms with Crippen molar-refractivity contribution in [3.63, 3.8) is 0 Å². The van der Waals surface area contributed by atoms with Gasteiger partial charge in [-0.25, -0.2) is 0 Å². The number of hydrogen-bond donors (Lipinski definition) is 3. The fraction of sp³-hybridized carbons (Fsp3) is 0.405. The number of alkyl halides is 1. The number of allylic oxidation sites excluding steroid dienone is 2. The van der Waals surface area contributed by atoms with Crippen LogP contribution >= 0.6 is 23.2 Å². The molecule has 0 spiro atoms. The van der Waals surface area contributed by atoms with Gasteiger partial charge in [0.1, 0.15) is 11.9 Å². The van der Waals surface area contributed by atoms with Crippen LogP contribution in [0.2, 0.25) is 0 Å². The molecule has 1 heterocycles. The minimum absolute atomic E-state index is 0.0245. The largest absolute Gasteiger partial charge is 0.489 e. The third-order valence-electron chi connectivity index (χ3n) is 7.11. The Hall–Kier alpha value is -3.34. The summed E-state index contributed by atoms with van der Waals surface area (Å²) in [5.74, 6) is 0.445. The first kappa shape index (κ1) is 39.7. The highest BCUT2D eigenvalue weighted by Crippen LogP contribution is 2.29. The molecular formula is C37H49Cl2N3O3. The zero-order valence-corrected chi connectivity index (χ0v) is 28.8. The summed E-state index contributed by atoms with van der Waals surface area (Å²) in [6.07, 6.45) is 6.08. The second-order valence-electron chi connectivity index (χ2n) is 10.3. The van der Waals surface area contributed by atoms with E-state index in [9.17, 15) is 9.90 Å². The number of benzene rings is 2. The summed E-state index contributed by atoms with van der Waals surface area (Å²) in [5, 5.41) is 26.0. The van der Waals surface area contributed by atoms with Crippen molar-refractivity contribution in [2.45, 2.75) is 78.5 Å².